The molecule has 1 aliphatic rings. The van der Waals surface area contributed by atoms with Crippen LogP contribution in [0.1, 0.15) is 44.3 Å². The quantitative estimate of drug-likeness (QED) is 0.362. The van der Waals surface area contributed by atoms with E-state index in [2.05, 4.69) is 37.7 Å². The van der Waals surface area contributed by atoms with Crippen molar-refractivity contribution in [2.24, 2.45) is 5.92 Å². The number of halogens is 3. The third-order valence-electron chi connectivity index (χ3n) is 6.49. The number of hydrogen-bond donors (Lipinski definition) is 3. The molecule has 3 aromatic heterocycles. The number of fused-ring (bicyclic) bond motifs is 3. The van der Waals surface area contributed by atoms with Crippen LogP contribution in [-0.4, -0.2) is 43.3 Å². The van der Waals surface area contributed by atoms with Crippen LogP contribution < -0.4 is 21.5 Å². The molecule has 0 amide bonds. The zero-order chi connectivity index (χ0) is 23.3. The molecular weight excluding hydrogens is 439 g/mol. The molecule has 0 radical (unpaired) electrons. The molecule has 0 saturated heterocycles. The van der Waals surface area contributed by atoms with Gasteiger partial charge in [0.1, 0.15) is 17.2 Å². The van der Waals surface area contributed by atoms with Crippen molar-refractivity contribution in [2.75, 3.05) is 17.2 Å². The predicted octanol–water partition coefficient (Wildman–Crippen LogP) is 2.95. The summed E-state index contributed by atoms with van der Waals surface area (Å²) in [6.07, 6.45) is 0.289. The third-order valence-corrected chi connectivity index (χ3v) is 6.49. The Morgan fingerprint density at radius 2 is 1.97 bits per heavy atom. The first-order valence-corrected chi connectivity index (χ1v) is 10.8. The van der Waals surface area contributed by atoms with E-state index in [0.717, 1.165) is 29.8 Å². The van der Waals surface area contributed by atoms with E-state index in [1.54, 1.807) is 12.4 Å². The van der Waals surface area contributed by atoms with Crippen molar-refractivity contribution >= 4 is 28.2 Å². The topological polar surface area (TPSA) is 117 Å². The summed E-state index contributed by atoms with van der Waals surface area (Å²) in [7, 11) is 0. The highest BCUT2D eigenvalue weighted by atomic mass is 19.4. The number of H-pyrrole nitrogens is 1. The van der Waals surface area contributed by atoms with Crippen LogP contribution in [0.25, 0.3) is 16.8 Å². The Labute approximate surface area is 185 Å². The monoisotopic (exact) mass is 461 g/mol. The van der Waals surface area contributed by atoms with Gasteiger partial charge >= 0.3 is 6.18 Å². The zero-order valence-corrected chi connectivity index (χ0v) is 17.7. The van der Waals surface area contributed by atoms with E-state index < -0.39 is 30.0 Å². The number of anilines is 2. The Bertz CT molecular complexity index is 1380. The Morgan fingerprint density at radius 1 is 1.18 bits per heavy atom. The van der Waals surface area contributed by atoms with Crippen LogP contribution in [0.5, 0.6) is 0 Å². The molecule has 1 fully saturated rings. The lowest BCUT2D eigenvalue weighted by molar-refractivity contribution is -0.131. The van der Waals surface area contributed by atoms with Crippen LogP contribution in [0, 0.1) is 5.92 Å². The van der Waals surface area contributed by atoms with Gasteiger partial charge in [-0.05, 0) is 24.8 Å². The molecule has 3 N–H and O–H groups in total. The van der Waals surface area contributed by atoms with Gasteiger partial charge < -0.3 is 15.6 Å². The summed E-state index contributed by atoms with van der Waals surface area (Å²) in [5.74, 6) is 1.11. The zero-order valence-electron chi connectivity index (χ0n) is 17.7. The third kappa shape index (κ3) is 3.72. The molecule has 1 aromatic carbocycles. The van der Waals surface area contributed by atoms with Crippen LogP contribution >= 0.6 is 0 Å². The van der Waals surface area contributed by atoms with E-state index in [4.69, 9.17) is 0 Å². The first-order valence-electron chi connectivity index (χ1n) is 10.8. The van der Waals surface area contributed by atoms with Crippen LogP contribution in [0.15, 0.2) is 28.0 Å². The molecule has 0 bridgehead atoms. The molecular formula is C21H22F3N7O2. The molecule has 12 heteroatoms. The largest absolute Gasteiger partial charge is 0.390 e. The van der Waals surface area contributed by atoms with Crippen LogP contribution in [0.3, 0.4) is 0 Å². The molecule has 5 rings (SSSR count). The molecule has 174 valence electrons. The Hall–Kier alpha value is -3.44. The second-order valence-electron chi connectivity index (χ2n) is 8.51. The van der Waals surface area contributed by atoms with Gasteiger partial charge in [0, 0.05) is 24.7 Å². The molecule has 0 aliphatic heterocycles. The van der Waals surface area contributed by atoms with Gasteiger partial charge in [-0.2, -0.15) is 13.2 Å². The molecule has 3 heterocycles. The SMILES string of the molecule is CCC1C[C@H](Nc2c(NCCC(F)(F)F)c(=O)c2=O)C[C@@H]1c1nnc2cnc3[nH]ccc3n12. The maximum absolute atomic E-state index is 12.4. The highest BCUT2D eigenvalue weighted by molar-refractivity contribution is 5.75. The minimum absolute atomic E-state index is 0.0520. The number of aromatic amines is 1. The van der Waals surface area contributed by atoms with Crippen LogP contribution in [0.4, 0.5) is 24.5 Å². The second kappa shape index (κ2) is 7.85. The maximum atomic E-state index is 12.4. The molecule has 4 aromatic rings. The van der Waals surface area contributed by atoms with Crippen molar-refractivity contribution in [3.63, 3.8) is 0 Å². The predicted molar refractivity (Wildman–Crippen MR) is 116 cm³/mol. The highest BCUT2D eigenvalue weighted by Crippen LogP contribution is 2.42. The van der Waals surface area contributed by atoms with Gasteiger partial charge in [-0.3, -0.25) is 14.0 Å². The lowest BCUT2D eigenvalue weighted by Crippen LogP contribution is -2.39. The number of hydrogen-bond acceptors (Lipinski definition) is 7. The summed E-state index contributed by atoms with van der Waals surface area (Å²) in [6.45, 7) is 1.62. The average Bonchev–Trinajstić information content (AvgIpc) is 3.50. The Kier molecular flexibility index (Phi) is 5.09. The lowest BCUT2D eigenvalue weighted by Gasteiger charge is -2.19. The van der Waals surface area contributed by atoms with E-state index in [9.17, 15) is 22.8 Å². The van der Waals surface area contributed by atoms with Crippen molar-refractivity contribution in [2.45, 2.75) is 50.7 Å². The lowest BCUT2D eigenvalue weighted by atomic mass is 9.93. The standard InChI is InChI=1S/C21H22F3N7O2/c1-2-10-7-11(28-16-15(17(32)18(16)33)25-6-4-21(22,23)24)8-12(10)20-30-29-14-9-27-19-13(31(14)20)3-5-26-19/h3,5,9-12,25-26,28H,2,4,6-8H2,1H3/t10?,11-,12-/m0/s1. The van der Waals surface area contributed by atoms with E-state index >= 15 is 0 Å². The van der Waals surface area contributed by atoms with Gasteiger partial charge in [0.05, 0.1) is 18.1 Å². The van der Waals surface area contributed by atoms with Crippen LogP contribution in [-0.2, 0) is 0 Å². The summed E-state index contributed by atoms with van der Waals surface area (Å²) in [6, 6.07) is 1.79. The van der Waals surface area contributed by atoms with Crippen molar-refractivity contribution in [1.29, 1.82) is 0 Å². The Balaban J connectivity index is 1.37. The van der Waals surface area contributed by atoms with Gasteiger partial charge in [0.15, 0.2) is 11.3 Å². The molecule has 1 unspecified atom stereocenters. The average molecular weight is 461 g/mol. The van der Waals surface area contributed by atoms with Crippen LogP contribution in [0.2, 0.25) is 0 Å². The summed E-state index contributed by atoms with van der Waals surface area (Å²) >= 11 is 0. The number of alkyl halides is 3. The van der Waals surface area contributed by atoms with Crippen molar-refractivity contribution in [3.8, 4) is 0 Å². The smallest absolute Gasteiger partial charge is 0.380 e. The minimum Gasteiger partial charge on any atom is -0.380 e. The van der Waals surface area contributed by atoms with Gasteiger partial charge in [0.25, 0.3) is 10.9 Å². The fourth-order valence-corrected chi connectivity index (χ4v) is 4.88. The molecule has 0 spiro atoms. The fraction of sp³-hybridized carbons (Fsp3) is 0.476. The van der Waals surface area contributed by atoms with Gasteiger partial charge in [-0.25, -0.2) is 4.98 Å². The van der Waals surface area contributed by atoms with E-state index in [1.165, 1.54) is 0 Å². The van der Waals surface area contributed by atoms with E-state index in [1.807, 2.05) is 10.5 Å². The molecule has 1 aliphatic carbocycles. The maximum Gasteiger partial charge on any atom is 0.390 e. The van der Waals surface area contributed by atoms with E-state index in [0.29, 0.717) is 12.1 Å². The normalized spacial score (nSPS) is 21.4. The van der Waals surface area contributed by atoms with Gasteiger partial charge in [0.2, 0.25) is 0 Å². The second-order valence-corrected chi connectivity index (χ2v) is 8.51. The molecule has 1 saturated carbocycles. The summed E-state index contributed by atoms with van der Waals surface area (Å²) < 4.78 is 39.3. The molecule has 9 nitrogen and oxygen atoms in total. The molecule has 3 atom stereocenters. The molecule has 33 heavy (non-hydrogen) atoms. The first-order chi connectivity index (χ1) is 15.8. The number of nitrogens with zero attached hydrogens (tertiary/aromatic N) is 4. The van der Waals surface area contributed by atoms with Gasteiger partial charge in [-0.1, -0.05) is 13.3 Å². The first kappa shape index (κ1) is 21.4. The highest BCUT2D eigenvalue weighted by Gasteiger charge is 2.38. The van der Waals surface area contributed by atoms with Gasteiger partial charge in [-0.15, -0.1) is 10.2 Å². The van der Waals surface area contributed by atoms with E-state index in [-0.39, 0.29) is 29.3 Å². The summed E-state index contributed by atoms with van der Waals surface area (Å²) in [5, 5.41) is 14.3. The number of rotatable bonds is 7. The fourth-order valence-electron chi connectivity index (χ4n) is 4.88. The summed E-state index contributed by atoms with van der Waals surface area (Å²) in [4.78, 5) is 31.4. The van der Waals surface area contributed by atoms with Crippen molar-refractivity contribution in [1.82, 2.24) is 24.6 Å². The Morgan fingerprint density at radius 3 is 2.73 bits per heavy atom. The number of aromatic nitrogens is 5. The minimum atomic E-state index is -4.34. The summed E-state index contributed by atoms with van der Waals surface area (Å²) in [5.41, 5.74) is 0.767. The van der Waals surface area contributed by atoms with Crippen molar-refractivity contribution < 1.29 is 13.2 Å². The van der Waals surface area contributed by atoms with Crippen molar-refractivity contribution in [3.05, 3.63) is 44.7 Å². The number of nitrogens with one attached hydrogen (secondary N) is 3.